The van der Waals surface area contributed by atoms with Crippen LogP contribution in [0.2, 0.25) is 0 Å². The molecule has 0 radical (unpaired) electrons. The molecular weight excluding hydrogens is 1020 g/mol. The molecule has 8 rings (SSSR count). The number of carbonyl (C=O) groups excluding carboxylic acids is 1. The smallest absolute Gasteiger partial charge is 0.303 e. The van der Waals surface area contributed by atoms with Gasteiger partial charge in [-0.2, -0.15) is 0 Å². The maximum absolute atomic E-state index is 11.5. The summed E-state index contributed by atoms with van der Waals surface area (Å²) in [5, 5.41) is 53.8. The molecule has 0 saturated heterocycles. The Morgan fingerprint density at radius 2 is 0.803 bits per heavy atom. The van der Waals surface area contributed by atoms with E-state index in [1.54, 1.807) is 62.4 Å². The van der Waals surface area contributed by atoms with Gasteiger partial charge in [0, 0.05) is 61.1 Å². The predicted octanol–water partition coefficient (Wildman–Crippen LogP) is 15.6. The SMILES string of the molecule is Brc1ccccc1.CCC(=O)O.CCC(=O)c1ccc(Oc2ccccc2)cc1O.CCCc1ccc(Oc2ccccc2)cc1O.Oc1cccc(O)c1.Oc1cccc(Oc2ccccc2)c1.[CH3-].[Zn]. The number of carboxylic acid groups (broad SMARTS) is 1. The van der Waals surface area contributed by atoms with Crippen molar-refractivity contribution in [2.45, 2.75) is 46.5 Å². The van der Waals surface area contributed by atoms with Gasteiger partial charge >= 0.3 is 5.97 Å². The number of aliphatic carboxylic acids is 1. The molecule has 8 aromatic rings. The zero-order chi connectivity index (χ0) is 50.2. The molecule has 8 aromatic carbocycles. The van der Waals surface area contributed by atoms with Crippen LogP contribution in [0.15, 0.2) is 211 Å². The third-order valence-corrected chi connectivity index (χ3v) is 9.32. The van der Waals surface area contributed by atoms with Crippen LogP contribution in [0.5, 0.6) is 63.2 Å². The van der Waals surface area contributed by atoms with Gasteiger partial charge in [0.2, 0.25) is 0 Å². The van der Waals surface area contributed by atoms with E-state index < -0.39 is 5.97 Å². The third-order valence-electron chi connectivity index (χ3n) is 8.79. The molecule has 0 heterocycles. The number of hydrogen-bond acceptors (Lipinski definition) is 10. The summed E-state index contributed by atoms with van der Waals surface area (Å²) in [6.07, 6.45) is 2.50. The first kappa shape index (κ1) is 61.4. The van der Waals surface area contributed by atoms with Gasteiger partial charge in [-0.3, -0.25) is 9.59 Å². The van der Waals surface area contributed by atoms with Crippen LogP contribution in [0.3, 0.4) is 0 Å². The van der Waals surface area contributed by atoms with Gasteiger partial charge in [0.1, 0.15) is 63.2 Å². The monoisotopic (exact) mass is 1080 g/mol. The molecule has 11 nitrogen and oxygen atoms in total. The number of Topliss-reactive ketones (excluding diaryl/α,β-unsaturated/α-hetero) is 1. The number of carboxylic acids is 1. The number of carbonyl (C=O) groups is 2. The largest absolute Gasteiger partial charge is 0.508 e. The van der Waals surface area contributed by atoms with Crippen molar-refractivity contribution in [3.63, 3.8) is 0 Å². The second kappa shape index (κ2) is 35.5. The summed E-state index contributed by atoms with van der Waals surface area (Å²) in [5.74, 6) is 3.84. The first-order valence-corrected chi connectivity index (χ1v) is 22.7. The fraction of sp³-hybridized carbons (Fsp3) is 0.121. The Hall–Kier alpha value is -7.60. The van der Waals surface area contributed by atoms with Crippen molar-refractivity contribution in [3.8, 4) is 63.2 Å². The number of rotatable bonds is 11. The average Bonchev–Trinajstić information content (AvgIpc) is 3.34. The summed E-state index contributed by atoms with van der Waals surface area (Å²) in [4.78, 5) is 20.9. The number of benzene rings is 8. The summed E-state index contributed by atoms with van der Waals surface area (Å²) >= 11 is 3.31. The molecule has 0 aliphatic rings. The van der Waals surface area contributed by atoms with Gasteiger partial charge in [-0.15, -0.1) is 0 Å². The molecule has 0 aliphatic carbocycles. The van der Waals surface area contributed by atoms with Gasteiger partial charge in [-0.05, 0) is 103 Å². The second-order valence-electron chi connectivity index (χ2n) is 14.3. The van der Waals surface area contributed by atoms with Gasteiger partial charge < -0.3 is 52.3 Å². The minimum Gasteiger partial charge on any atom is -0.508 e. The minimum absolute atomic E-state index is 0. The fourth-order valence-corrected chi connectivity index (χ4v) is 5.72. The Balaban J connectivity index is 0.000000444. The number of aryl methyl sites for hydroxylation is 1. The van der Waals surface area contributed by atoms with E-state index in [1.807, 2.05) is 133 Å². The van der Waals surface area contributed by atoms with E-state index in [9.17, 15) is 24.9 Å². The topological polar surface area (TPSA) is 183 Å². The molecule has 0 amide bonds. The van der Waals surface area contributed by atoms with Gasteiger partial charge in [0.05, 0.1) is 5.56 Å². The van der Waals surface area contributed by atoms with Crippen LogP contribution >= 0.6 is 15.9 Å². The maximum atomic E-state index is 11.5. The summed E-state index contributed by atoms with van der Waals surface area (Å²) in [6.45, 7) is 5.45. The maximum Gasteiger partial charge on any atom is 0.303 e. The van der Waals surface area contributed by atoms with E-state index in [0.29, 0.717) is 40.7 Å². The number of halogens is 1. The first-order chi connectivity index (χ1) is 33.3. The van der Waals surface area contributed by atoms with Crippen molar-refractivity contribution in [1.82, 2.24) is 0 Å². The zero-order valence-corrected chi connectivity index (χ0v) is 44.8. The number of phenols is 5. The molecule has 0 aliphatic heterocycles. The summed E-state index contributed by atoms with van der Waals surface area (Å²) in [6, 6.07) is 61.0. The molecule has 6 N–H and O–H groups in total. The summed E-state index contributed by atoms with van der Waals surface area (Å²) in [7, 11) is 0. The molecule has 71 heavy (non-hydrogen) atoms. The van der Waals surface area contributed by atoms with E-state index in [1.165, 1.54) is 24.3 Å². The van der Waals surface area contributed by atoms with Gasteiger partial charge in [-0.1, -0.05) is 134 Å². The molecule has 0 spiro atoms. The number of para-hydroxylation sites is 3. The Morgan fingerprint density at radius 3 is 1.13 bits per heavy atom. The molecule has 13 heteroatoms. The standard InChI is InChI=1S/C15H14O3.C15H16O2.C12H10O2.C6H5Br.C6H6O2.C3H6O2.CH3.Zn/c1-2-14(16)13-9-8-12(10-15(13)17)18-11-6-4-3-5-7-11;1-2-6-12-9-10-14(11-15(12)16)17-13-7-4-3-5-8-13;13-10-5-4-8-12(9-10)14-11-6-2-1-3-7-11;7-6-4-2-1-3-5-6;7-5-2-1-3-6(8)4-5;1-2-3(4)5;;/h3-10,17H,2H2,1H3;3-5,7-11,16H,2,6H2,1H3;1-9,13H;1-5H;1-4,7-8H;2H2,1H3,(H,4,5);1H3;/q;;;;;;-1;. The Morgan fingerprint density at radius 1 is 0.437 bits per heavy atom. The van der Waals surface area contributed by atoms with Gasteiger partial charge in [0.25, 0.3) is 0 Å². The van der Waals surface area contributed by atoms with Crippen LogP contribution < -0.4 is 14.2 Å². The van der Waals surface area contributed by atoms with Crippen molar-refractivity contribution in [2.75, 3.05) is 0 Å². The number of hydrogen-bond donors (Lipinski definition) is 6. The van der Waals surface area contributed by atoms with Crippen LogP contribution in [0, 0.1) is 7.43 Å². The molecule has 0 unspecified atom stereocenters. The van der Waals surface area contributed by atoms with E-state index in [-0.39, 0.29) is 62.1 Å². The first-order valence-electron chi connectivity index (χ1n) is 21.9. The summed E-state index contributed by atoms with van der Waals surface area (Å²) < 4.78 is 17.8. The van der Waals surface area contributed by atoms with Crippen molar-refractivity contribution in [1.29, 1.82) is 0 Å². The number of phenolic OH excluding ortho intramolecular Hbond substituents is 5. The van der Waals surface area contributed by atoms with E-state index in [0.717, 1.165) is 34.4 Å². The van der Waals surface area contributed by atoms with E-state index in [2.05, 4.69) is 22.9 Å². The van der Waals surface area contributed by atoms with Crippen LogP contribution in [-0.2, 0) is 30.7 Å². The van der Waals surface area contributed by atoms with Gasteiger partial charge in [0.15, 0.2) is 5.78 Å². The van der Waals surface area contributed by atoms with Crippen LogP contribution in [0.25, 0.3) is 0 Å². The number of ketones is 1. The van der Waals surface area contributed by atoms with Crippen LogP contribution in [0.4, 0.5) is 0 Å². The Labute approximate surface area is 438 Å². The molecular formula is C58H60BrO11Zn-. The number of aromatic hydroxyl groups is 5. The van der Waals surface area contributed by atoms with Crippen molar-refractivity contribution >= 4 is 27.7 Å². The molecule has 0 saturated carbocycles. The predicted molar refractivity (Wildman–Crippen MR) is 281 cm³/mol. The Kier molecular flexibility index (Phi) is 30.7. The zero-order valence-electron chi connectivity index (χ0n) is 40.3. The summed E-state index contributed by atoms with van der Waals surface area (Å²) in [5.41, 5.74) is 1.30. The van der Waals surface area contributed by atoms with E-state index >= 15 is 0 Å². The van der Waals surface area contributed by atoms with Crippen molar-refractivity contribution in [3.05, 3.63) is 229 Å². The van der Waals surface area contributed by atoms with Crippen LogP contribution in [0.1, 0.15) is 56.0 Å². The fourth-order valence-electron chi connectivity index (χ4n) is 5.42. The Bertz CT molecular complexity index is 2670. The van der Waals surface area contributed by atoms with Gasteiger partial charge in [-0.25, -0.2) is 0 Å². The molecule has 0 bridgehead atoms. The third kappa shape index (κ3) is 26.1. The number of ether oxygens (including phenoxy) is 3. The molecule has 0 aromatic heterocycles. The second-order valence-corrected chi connectivity index (χ2v) is 15.2. The normalized spacial score (nSPS) is 9.30. The van der Waals surface area contributed by atoms with Crippen LogP contribution in [-0.4, -0.2) is 42.4 Å². The molecule has 0 fully saturated rings. The minimum atomic E-state index is -0.745. The van der Waals surface area contributed by atoms with E-state index in [4.69, 9.17) is 29.5 Å². The average molecular weight is 1080 g/mol. The van der Waals surface area contributed by atoms with Crippen molar-refractivity contribution < 1.29 is 73.9 Å². The quantitative estimate of drug-likeness (QED) is 0.0412. The molecule has 0 atom stereocenters. The van der Waals surface area contributed by atoms with Crippen molar-refractivity contribution in [2.24, 2.45) is 0 Å². The molecule has 368 valence electrons.